The van der Waals surface area contributed by atoms with Crippen LogP contribution in [0.5, 0.6) is 0 Å². The van der Waals surface area contributed by atoms with Gasteiger partial charge in [-0.05, 0) is 24.5 Å². The molecule has 0 aliphatic carbocycles. The summed E-state index contributed by atoms with van der Waals surface area (Å²) in [6, 6.07) is 5.64. The lowest BCUT2D eigenvalue weighted by atomic mass is 10.2. The van der Waals surface area contributed by atoms with Crippen molar-refractivity contribution >= 4 is 20.4 Å². The highest BCUT2D eigenvalue weighted by Crippen LogP contribution is 2.59. The second kappa shape index (κ2) is 5.77. The summed E-state index contributed by atoms with van der Waals surface area (Å²) in [6.45, 7) is 0. The Kier molecular flexibility index (Phi) is 4.55. The molecule has 0 bridgehead atoms. The average molecular weight is 346 g/mol. The van der Waals surface area contributed by atoms with Crippen LogP contribution >= 0.6 is 10.3 Å². The van der Waals surface area contributed by atoms with E-state index in [9.17, 15) is 26.0 Å². The van der Waals surface area contributed by atoms with E-state index >= 15 is 0 Å². The van der Waals surface area contributed by atoms with Crippen molar-refractivity contribution in [2.24, 2.45) is 0 Å². The summed E-state index contributed by atoms with van der Waals surface area (Å²) in [5.41, 5.74) is -5.27. The summed E-state index contributed by atoms with van der Waals surface area (Å²) < 4.78 is 78.3. The molecular weight excluding hydrogens is 332 g/mol. The molecule has 0 unspecified atom stereocenters. The average Bonchev–Trinajstić information content (AvgIpc) is 2.78. The van der Waals surface area contributed by atoms with Gasteiger partial charge in [-0.2, -0.15) is 21.6 Å². The van der Waals surface area contributed by atoms with E-state index in [1.165, 1.54) is 18.2 Å². The van der Waals surface area contributed by atoms with E-state index in [-0.39, 0.29) is 22.8 Å². The van der Waals surface area contributed by atoms with Gasteiger partial charge in [0.1, 0.15) is 5.82 Å². The number of hydrogen-bond acceptors (Lipinski definition) is 3. The van der Waals surface area contributed by atoms with Crippen molar-refractivity contribution < 1.29 is 29.6 Å². The van der Waals surface area contributed by atoms with Crippen molar-refractivity contribution in [3.8, 4) is 0 Å². The predicted molar refractivity (Wildman–Crippen MR) is 72.7 cm³/mol. The molecule has 0 aromatic heterocycles. The van der Waals surface area contributed by atoms with Crippen molar-refractivity contribution in [3.05, 3.63) is 35.6 Å². The van der Waals surface area contributed by atoms with Gasteiger partial charge < -0.3 is 0 Å². The summed E-state index contributed by atoms with van der Waals surface area (Å²) >= 11 is 0. The normalized spacial score (nSPS) is 20.4. The van der Waals surface area contributed by atoms with Crippen LogP contribution in [0.1, 0.15) is 18.4 Å². The van der Waals surface area contributed by atoms with E-state index in [1.807, 2.05) is 0 Å². The Bertz CT molecular complexity index is 607. The smallest absolute Gasteiger partial charge is 0.213 e. The monoisotopic (exact) mass is 346 g/mol. The standard InChI is InChI=1S/C12H14F4O3S2/c13-11-6-2-1-5-10(11)9-20(7-3-4-8-20)19-21(17,18)12(14,15)16/h1-2,5-6H,3-4,7-9H2. The molecule has 2 rings (SSSR count). The van der Waals surface area contributed by atoms with Crippen LogP contribution in [-0.2, 0) is 19.5 Å². The Hall–Kier alpha value is -0.800. The second-order valence-electron chi connectivity index (χ2n) is 4.78. The van der Waals surface area contributed by atoms with Crippen LogP contribution < -0.4 is 0 Å². The lowest BCUT2D eigenvalue weighted by Crippen LogP contribution is -2.28. The quantitative estimate of drug-likeness (QED) is 0.617. The third kappa shape index (κ3) is 3.70. The van der Waals surface area contributed by atoms with E-state index in [2.05, 4.69) is 3.63 Å². The molecule has 0 saturated carbocycles. The summed E-state index contributed by atoms with van der Waals surface area (Å²) in [5, 5.41) is 0. The molecule has 0 atom stereocenters. The third-order valence-corrected chi connectivity index (χ3v) is 8.52. The molecule has 0 spiro atoms. The zero-order chi connectivity index (χ0) is 15.7. The zero-order valence-corrected chi connectivity index (χ0v) is 12.5. The van der Waals surface area contributed by atoms with Crippen LogP contribution in [0.2, 0.25) is 0 Å². The van der Waals surface area contributed by atoms with Gasteiger partial charge in [-0.25, -0.2) is 8.02 Å². The van der Waals surface area contributed by atoms with Gasteiger partial charge in [0, 0.05) is 17.3 Å². The maximum absolute atomic E-state index is 13.7. The molecule has 0 radical (unpaired) electrons. The summed E-state index contributed by atoms with van der Waals surface area (Å²) in [4.78, 5) is 0. The van der Waals surface area contributed by atoms with E-state index in [0.717, 1.165) is 0 Å². The molecule has 3 nitrogen and oxygen atoms in total. The highest BCUT2D eigenvalue weighted by Gasteiger charge is 2.51. The van der Waals surface area contributed by atoms with Crippen molar-refractivity contribution in [1.82, 2.24) is 0 Å². The second-order valence-corrected chi connectivity index (χ2v) is 9.74. The first-order chi connectivity index (χ1) is 9.65. The van der Waals surface area contributed by atoms with Crippen LogP contribution in [-0.4, -0.2) is 25.4 Å². The van der Waals surface area contributed by atoms with Crippen molar-refractivity contribution in [1.29, 1.82) is 0 Å². The molecule has 0 N–H and O–H groups in total. The maximum atomic E-state index is 13.7. The molecule has 1 heterocycles. The molecule has 21 heavy (non-hydrogen) atoms. The van der Waals surface area contributed by atoms with Gasteiger partial charge in [-0.15, -0.1) is 10.3 Å². The minimum absolute atomic E-state index is 0.116. The summed E-state index contributed by atoms with van der Waals surface area (Å²) in [5.74, 6) is -0.216. The van der Waals surface area contributed by atoms with Gasteiger partial charge in [-0.1, -0.05) is 18.2 Å². The highest BCUT2D eigenvalue weighted by molar-refractivity contribution is 8.32. The predicted octanol–water partition coefficient (Wildman–Crippen LogP) is 3.71. The SMILES string of the molecule is O=S(=O)(OS1(Cc2ccccc2F)CCCC1)C(F)(F)F. The fourth-order valence-corrected chi connectivity index (χ4v) is 7.52. The van der Waals surface area contributed by atoms with Crippen molar-refractivity contribution in [3.63, 3.8) is 0 Å². The fourth-order valence-electron chi connectivity index (χ4n) is 2.20. The van der Waals surface area contributed by atoms with Crippen LogP contribution in [0, 0.1) is 5.82 Å². The van der Waals surface area contributed by atoms with Crippen LogP contribution in [0.3, 0.4) is 0 Å². The van der Waals surface area contributed by atoms with Gasteiger partial charge in [0.15, 0.2) is 0 Å². The number of rotatable bonds is 4. The Morgan fingerprint density at radius 2 is 1.71 bits per heavy atom. The Labute approximate surface area is 121 Å². The third-order valence-electron chi connectivity index (χ3n) is 3.18. The molecule has 1 aromatic carbocycles. The van der Waals surface area contributed by atoms with Crippen molar-refractivity contribution in [2.75, 3.05) is 11.5 Å². The number of benzene rings is 1. The van der Waals surface area contributed by atoms with Gasteiger partial charge >= 0.3 is 15.6 Å². The minimum atomic E-state index is -5.66. The maximum Gasteiger partial charge on any atom is 0.523 e. The van der Waals surface area contributed by atoms with Crippen molar-refractivity contribution in [2.45, 2.75) is 24.1 Å². The van der Waals surface area contributed by atoms with Crippen LogP contribution in [0.15, 0.2) is 24.3 Å². The number of alkyl halides is 3. The van der Waals surface area contributed by atoms with Gasteiger partial charge in [0.25, 0.3) is 0 Å². The molecule has 1 aromatic rings. The van der Waals surface area contributed by atoms with E-state index < -0.39 is 31.8 Å². The van der Waals surface area contributed by atoms with E-state index in [4.69, 9.17) is 0 Å². The molecule has 1 fully saturated rings. The Morgan fingerprint density at radius 1 is 1.14 bits per heavy atom. The fraction of sp³-hybridized carbons (Fsp3) is 0.500. The highest BCUT2D eigenvalue weighted by atomic mass is 32.3. The molecule has 1 saturated heterocycles. The van der Waals surface area contributed by atoms with Crippen LogP contribution in [0.25, 0.3) is 0 Å². The number of hydrogen-bond donors (Lipinski definition) is 0. The van der Waals surface area contributed by atoms with Gasteiger partial charge in [-0.3, -0.25) is 0 Å². The first kappa shape index (κ1) is 16.6. The van der Waals surface area contributed by atoms with Gasteiger partial charge in [0.2, 0.25) is 0 Å². The summed E-state index contributed by atoms with van der Waals surface area (Å²) in [7, 11) is -8.18. The Balaban J connectivity index is 2.28. The van der Waals surface area contributed by atoms with Crippen LogP contribution in [0.4, 0.5) is 17.6 Å². The van der Waals surface area contributed by atoms with E-state index in [0.29, 0.717) is 12.8 Å². The first-order valence-electron chi connectivity index (χ1n) is 6.17. The number of halogens is 4. The topological polar surface area (TPSA) is 43.4 Å². The largest absolute Gasteiger partial charge is 0.523 e. The lowest BCUT2D eigenvalue weighted by Gasteiger charge is -2.34. The van der Waals surface area contributed by atoms with E-state index in [1.54, 1.807) is 6.07 Å². The molecule has 1 aliphatic heterocycles. The lowest BCUT2D eigenvalue weighted by molar-refractivity contribution is -0.0496. The molecule has 120 valence electrons. The molecule has 1 aliphatic rings. The summed E-state index contributed by atoms with van der Waals surface area (Å²) in [6.07, 6.45) is 1.16. The molecule has 9 heteroatoms. The van der Waals surface area contributed by atoms with Gasteiger partial charge in [0.05, 0.1) is 0 Å². The zero-order valence-electron chi connectivity index (χ0n) is 10.9. The molecule has 0 amide bonds. The first-order valence-corrected chi connectivity index (χ1v) is 9.65. The minimum Gasteiger partial charge on any atom is -0.213 e. The molecular formula is C12H14F4O3S2. The Morgan fingerprint density at radius 3 is 2.24 bits per heavy atom.